The molecule has 0 spiro atoms. The first-order valence-corrected chi connectivity index (χ1v) is 9.54. The topological polar surface area (TPSA) is 67.4 Å². The molecule has 5 nitrogen and oxygen atoms in total. The molecule has 0 amide bonds. The highest BCUT2D eigenvalue weighted by Crippen LogP contribution is 2.31. The number of hydrogen-bond acceptors (Lipinski definition) is 5. The van der Waals surface area contributed by atoms with Gasteiger partial charge in [0.15, 0.2) is 0 Å². The van der Waals surface area contributed by atoms with E-state index in [9.17, 15) is 8.42 Å². The average Bonchev–Trinajstić information content (AvgIpc) is 2.77. The highest BCUT2D eigenvalue weighted by atomic mass is 79.9. The van der Waals surface area contributed by atoms with Crippen LogP contribution >= 0.6 is 27.3 Å². The van der Waals surface area contributed by atoms with Crippen LogP contribution in [0.5, 0.6) is 0 Å². The minimum absolute atomic E-state index is 0.214. The van der Waals surface area contributed by atoms with E-state index in [0.29, 0.717) is 28.3 Å². The maximum absolute atomic E-state index is 12.4. The van der Waals surface area contributed by atoms with E-state index >= 15 is 0 Å². The van der Waals surface area contributed by atoms with Gasteiger partial charge in [-0.25, -0.2) is 13.1 Å². The predicted molar refractivity (Wildman–Crippen MR) is 85.7 cm³/mol. The van der Waals surface area contributed by atoms with Gasteiger partial charge < -0.3 is 10.1 Å². The van der Waals surface area contributed by atoms with E-state index in [-0.39, 0.29) is 6.04 Å². The SMILES string of the molecule is CCNCc1cc(S(=O)(=O)NC(CC)COC)c(Br)s1. The number of hydrogen-bond donors (Lipinski definition) is 2. The fraction of sp³-hybridized carbons (Fsp3) is 0.667. The Labute approximate surface area is 133 Å². The Bertz CT molecular complexity index is 517. The van der Waals surface area contributed by atoms with Gasteiger partial charge in [-0.1, -0.05) is 13.8 Å². The smallest absolute Gasteiger partial charge is 0.242 e. The molecule has 0 radical (unpaired) electrons. The molecule has 8 heteroatoms. The van der Waals surface area contributed by atoms with Crippen LogP contribution in [0, 0.1) is 0 Å². The highest BCUT2D eigenvalue weighted by Gasteiger charge is 2.23. The highest BCUT2D eigenvalue weighted by molar-refractivity contribution is 9.11. The van der Waals surface area contributed by atoms with Gasteiger partial charge in [-0.3, -0.25) is 0 Å². The Balaban J connectivity index is 2.88. The molecule has 20 heavy (non-hydrogen) atoms. The molecule has 1 atom stereocenters. The van der Waals surface area contributed by atoms with E-state index in [0.717, 1.165) is 11.4 Å². The van der Waals surface area contributed by atoms with Crippen molar-refractivity contribution in [3.8, 4) is 0 Å². The first-order chi connectivity index (χ1) is 9.44. The minimum Gasteiger partial charge on any atom is -0.383 e. The van der Waals surface area contributed by atoms with E-state index in [4.69, 9.17) is 4.74 Å². The molecule has 1 rings (SSSR count). The number of ether oxygens (including phenoxy) is 1. The van der Waals surface area contributed by atoms with Crippen LogP contribution in [0.4, 0.5) is 0 Å². The normalized spacial score (nSPS) is 13.6. The van der Waals surface area contributed by atoms with Crippen LogP contribution in [-0.4, -0.2) is 34.7 Å². The third-order valence-corrected chi connectivity index (χ3v) is 6.50. The second-order valence-electron chi connectivity index (χ2n) is 4.31. The van der Waals surface area contributed by atoms with Crippen molar-refractivity contribution >= 4 is 37.3 Å². The zero-order valence-corrected chi connectivity index (χ0v) is 15.1. The Morgan fingerprint density at radius 2 is 2.15 bits per heavy atom. The van der Waals surface area contributed by atoms with Gasteiger partial charge in [0, 0.05) is 24.6 Å². The fourth-order valence-electron chi connectivity index (χ4n) is 1.64. The molecular weight excluding hydrogens is 364 g/mol. The molecular formula is C12H21BrN2O3S2. The quantitative estimate of drug-likeness (QED) is 0.685. The summed E-state index contributed by atoms with van der Waals surface area (Å²) >= 11 is 4.77. The van der Waals surface area contributed by atoms with Crippen LogP contribution in [0.1, 0.15) is 25.1 Å². The molecule has 116 valence electrons. The van der Waals surface area contributed by atoms with E-state index in [1.54, 1.807) is 13.2 Å². The lowest BCUT2D eigenvalue weighted by molar-refractivity contribution is 0.173. The van der Waals surface area contributed by atoms with Gasteiger partial charge in [-0.15, -0.1) is 11.3 Å². The Kier molecular flexibility index (Phi) is 7.63. The summed E-state index contributed by atoms with van der Waals surface area (Å²) in [4.78, 5) is 1.28. The largest absolute Gasteiger partial charge is 0.383 e. The van der Waals surface area contributed by atoms with Gasteiger partial charge in [0.1, 0.15) is 4.90 Å². The number of halogens is 1. The van der Waals surface area contributed by atoms with Crippen LogP contribution < -0.4 is 10.0 Å². The zero-order chi connectivity index (χ0) is 15.2. The van der Waals surface area contributed by atoms with E-state index in [1.807, 2.05) is 13.8 Å². The van der Waals surface area contributed by atoms with Crippen molar-refractivity contribution in [1.82, 2.24) is 10.0 Å². The van der Waals surface area contributed by atoms with Gasteiger partial charge in [-0.05, 0) is 35.0 Å². The van der Waals surface area contributed by atoms with Crippen molar-refractivity contribution in [2.24, 2.45) is 0 Å². The molecule has 0 saturated heterocycles. The number of nitrogens with one attached hydrogen (secondary N) is 2. The van der Waals surface area contributed by atoms with E-state index in [2.05, 4.69) is 26.0 Å². The van der Waals surface area contributed by atoms with Crippen LogP contribution in [0.3, 0.4) is 0 Å². The molecule has 0 saturated carbocycles. The average molecular weight is 385 g/mol. The van der Waals surface area contributed by atoms with E-state index < -0.39 is 10.0 Å². The van der Waals surface area contributed by atoms with Crippen molar-refractivity contribution in [2.45, 2.75) is 37.8 Å². The molecule has 1 unspecified atom stereocenters. The lowest BCUT2D eigenvalue weighted by Crippen LogP contribution is -2.37. The first kappa shape index (κ1) is 18.1. The standard InChI is InChI=1S/C12H21BrN2O3S2/c1-4-9(8-18-3)15-20(16,17)11-6-10(7-14-5-2)19-12(11)13/h6,9,14-15H,4-5,7-8H2,1-3H3. The van der Waals surface area contributed by atoms with Crippen LogP contribution in [0.15, 0.2) is 14.7 Å². The first-order valence-electron chi connectivity index (χ1n) is 6.44. The van der Waals surface area contributed by atoms with Gasteiger partial charge in [0.05, 0.1) is 10.4 Å². The zero-order valence-electron chi connectivity index (χ0n) is 11.9. The lowest BCUT2D eigenvalue weighted by atomic mass is 10.3. The summed E-state index contributed by atoms with van der Waals surface area (Å²) in [6, 6.07) is 1.49. The Morgan fingerprint density at radius 1 is 1.45 bits per heavy atom. The van der Waals surface area contributed by atoms with Gasteiger partial charge >= 0.3 is 0 Å². The van der Waals surface area contributed by atoms with E-state index in [1.165, 1.54) is 11.3 Å². The van der Waals surface area contributed by atoms with Crippen molar-refractivity contribution in [3.05, 3.63) is 14.7 Å². The summed E-state index contributed by atoms with van der Waals surface area (Å²) in [5, 5.41) is 3.18. The molecule has 0 aliphatic rings. The van der Waals surface area contributed by atoms with Crippen LogP contribution in [-0.2, 0) is 21.3 Å². The third kappa shape index (κ3) is 5.09. The number of thiophene rings is 1. The number of methoxy groups -OCH3 is 1. The monoisotopic (exact) mass is 384 g/mol. The molecule has 1 aromatic rings. The molecule has 1 aromatic heterocycles. The number of rotatable bonds is 9. The molecule has 2 N–H and O–H groups in total. The molecule has 0 bridgehead atoms. The summed E-state index contributed by atoms with van der Waals surface area (Å²) in [5.74, 6) is 0. The molecule has 0 aromatic carbocycles. The maximum Gasteiger partial charge on any atom is 0.242 e. The summed E-state index contributed by atoms with van der Waals surface area (Å²) in [6.45, 7) is 5.82. The van der Waals surface area contributed by atoms with Gasteiger partial charge in [0.2, 0.25) is 10.0 Å². The minimum atomic E-state index is -3.52. The summed E-state index contributed by atoms with van der Waals surface area (Å²) in [5.41, 5.74) is 0. The summed E-state index contributed by atoms with van der Waals surface area (Å²) in [6.07, 6.45) is 0.680. The lowest BCUT2D eigenvalue weighted by Gasteiger charge is -2.15. The molecule has 0 aliphatic carbocycles. The molecule has 0 aliphatic heterocycles. The van der Waals surface area contributed by atoms with Crippen molar-refractivity contribution in [2.75, 3.05) is 20.3 Å². The van der Waals surface area contributed by atoms with Gasteiger partial charge in [-0.2, -0.15) is 0 Å². The van der Waals surface area contributed by atoms with Crippen molar-refractivity contribution < 1.29 is 13.2 Å². The second-order valence-corrected chi connectivity index (χ2v) is 8.45. The fourth-order valence-corrected chi connectivity index (χ4v) is 5.59. The Hall–Kier alpha value is 0.01000. The summed E-state index contributed by atoms with van der Waals surface area (Å²) < 4.78 is 33.1. The van der Waals surface area contributed by atoms with Crippen molar-refractivity contribution in [1.29, 1.82) is 0 Å². The maximum atomic E-state index is 12.4. The Morgan fingerprint density at radius 3 is 2.70 bits per heavy atom. The second kappa shape index (κ2) is 8.45. The van der Waals surface area contributed by atoms with Crippen LogP contribution in [0.2, 0.25) is 0 Å². The molecule has 1 heterocycles. The number of sulfonamides is 1. The predicted octanol–water partition coefficient (Wildman–Crippen LogP) is 2.32. The van der Waals surface area contributed by atoms with Crippen LogP contribution in [0.25, 0.3) is 0 Å². The third-order valence-electron chi connectivity index (χ3n) is 2.73. The van der Waals surface area contributed by atoms with Gasteiger partial charge in [0.25, 0.3) is 0 Å². The summed E-state index contributed by atoms with van der Waals surface area (Å²) in [7, 11) is -1.96. The van der Waals surface area contributed by atoms with Crippen molar-refractivity contribution in [3.63, 3.8) is 0 Å². The molecule has 0 fully saturated rings.